The van der Waals surface area contributed by atoms with Crippen LogP contribution < -0.4 is 0 Å². The first-order valence-corrected chi connectivity index (χ1v) is 7.30. The van der Waals surface area contributed by atoms with Crippen LogP contribution >= 0.6 is 0 Å². The zero-order valence-corrected chi connectivity index (χ0v) is 13.0. The molecule has 0 aromatic carbocycles. The lowest BCUT2D eigenvalue weighted by Crippen LogP contribution is -2.53. The molecule has 1 aromatic rings. The molecule has 0 radical (unpaired) electrons. The van der Waals surface area contributed by atoms with Crippen molar-refractivity contribution in [1.29, 1.82) is 0 Å². The second-order valence-electron chi connectivity index (χ2n) is 6.02. The lowest BCUT2D eigenvalue weighted by Gasteiger charge is -2.42. The molecular weight excluding hydrogens is 256 g/mol. The van der Waals surface area contributed by atoms with Crippen molar-refractivity contribution < 1.29 is 9.47 Å². The highest BCUT2D eigenvalue weighted by Crippen LogP contribution is 2.22. The summed E-state index contributed by atoms with van der Waals surface area (Å²) in [4.78, 5) is 6.76. The minimum atomic E-state index is -0.156. The number of hydrogen-bond acceptors (Lipinski definition) is 5. The van der Waals surface area contributed by atoms with Crippen molar-refractivity contribution in [1.82, 2.24) is 19.7 Å². The van der Waals surface area contributed by atoms with Gasteiger partial charge in [0.1, 0.15) is 12.2 Å². The predicted octanol–water partition coefficient (Wildman–Crippen LogP) is 1.31. The largest absolute Gasteiger partial charge is 0.382 e. The Morgan fingerprint density at radius 2 is 2.30 bits per heavy atom. The number of rotatable bonds is 6. The van der Waals surface area contributed by atoms with Gasteiger partial charge in [0.05, 0.1) is 24.9 Å². The van der Waals surface area contributed by atoms with E-state index in [0.717, 1.165) is 38.4 Å². The molecule has 1 aliphatic rings. The molecule has 1 saturated heterocycles. The van der Waals surface area contributed by atoms with E-state index in [9.17, 15) is 0 Å². The van der Waals surface area contributed by atoms with Gasteiger partial charge in [0.25, 0.3) is 0 Å². The maximum atomic E-state index is 6.03. The van der Waals surface area contributed by atoms with Gasteiger partial charge >= 0.3 is 0 Å². The standard InChI is InChI=1S/C14H26N4O2/c1-5-6-18-13(15-11-16-18)8-17-7-12(9-19-4)20-14(2,3)10-17/h11-12H,5-10H2,1-4H3/t12-/m0/s1. The molecule has 1 aliphatic heterocycles. The summed E-state index contributed by atoms with van der Waals surface area (Å²) in [7, 11) is 1.72. The molecule has 20 heavy (non-hydrogen) atoms. The Kier molecular flexibility index (Phi) is 5.12. The van der Waals surface area contributed by atoms with Crippen molar-refractivity contribution in [3.63, 3.8) is 0 Å². The molecule has 0 aliphatic carbocycles. The quantitative estimate of drug-likeness (QED) is 0.787. The molecule has 2 heterocycles. The van der Waals surface area contributed by atoms with Crippen LogP contribution in [0.1, 0.15) is 33.0 Å². The second kappa shape index (κ2) is 6.65. The van der Waals surface area contributed by atoms with Gasteiger partial charge < -0.3 is 9.47 Å². The summed E-state index contributed by atoms with van der Waals surface area (Å²) in [5.74, 6) is 1.03. The van der Waals surface area contributed by atoms with Crippen LogP contribution in [0, 0.1) is 0 Å². The maximum Gasteiger partial charge on any atom is 0.141 e. The van der Waals surface area contributed by atoms with Gasteiger partial charge in [-0.25, -0.2) is 9.67 Å². The minimum absolute atomic E-state index is 0.117. The molecule has 0 N–H and O–H groups in total. The molecule has 1 aromatic heterocycles. The van der Waals surface area contributed by atoms with E-state index in [1.807, 2.05) is 4.68 Å². The normalized spacial score (nSPS) is 23.1. The topological polar surface area (TPSA) is 52.4 Å². The Bertz CT molecular complexity index is 419. The Labute approximate surface area is 121 Å². The fourth-order valence-corrected chi connectivity index (χ4v) is 2.82. The monoisotopic (exact) mass is 282 g/mol. The Hall–Kier alpha value is -0.980. The third kappa shape index (κ3) is 4.01. The van der Waals surface area contributed by atoms with Crippen molar-refractivity contribution >= 4 is 0 Å². The van der Waals surface area contributed by atoms with Crippen LogP contribution in [-0.2, 0) is 22.6 Å². The molecule has 1 fully saturated rings. The third-order valence-corrected chi connectivity index (χ3v) is 3.40. The van der Waals surface area contributed by atoms with Crippen LogP contribution in [-0.4, -0.2) is 58.2 Å². The SMILES string of the molecule is CCCn1ncnc1CN1C[C@@H](COC)OC(C)(C)C1. The molecule has 0 amide bonds. The minimum Gasteiger partial charge on any atom is -0.382 e. The number of aryl methyl sites for hydroxylation is 1. The number of aromatic nitrogens is 3. The number of ether oxygens (including phenoxy) is 2. The number of methoxy groups -OCH3 is 1. The van der Waals surface area contributed by atoms with Gasteiger partial charge in [-0.1, -0.05) is 6.92 Å². The number of morpholine rings is 1. The van der Waals surface area contributed by atoms with Crippen molar-refractivity contribution in [3.8, 4) is 0 Å². The lowest BCUT2D eigenvalue weighted by atomic mass is 10.1. The summed E-state index contributed by atoms with van der Waals surface area (Å²) >= 11 is 0. The summed E-state index contributed by atoms with van der Waals surface area (Å²) in [5, 5.41) is 4.29. The summed E-state index contributed by atoms with van der Waals surface area (Å²) in [6.45, 7) is 10.5. The van der Waals surface area contributed by atoms with E-state index in [4.69, 9.17) is 9.47 Å². The van der Waals surface area contributed by atoms with Crippen LogP contribution in [0.4, 0.5) is 0 Å². The Morgan fingerprint density at radius 3 is 3.00 bits per heavy atom. The molecule has 6 nitrogen and oxygen atoms in total. The van der Waals surface area contributed by atoms with E-state index in [1.54, 1.807) is 13.4 Å². The van der Waals surface area contributed by atoms with Gasteiger partial charge in [-0.05, 0) is 20.3 Å². The number of nitrogens with zero attached hydrogens (tertiary/aromatic N) is 4. The Morgan fingerprint density at radius 1 is 1.50 bits per heavy atom. The Balaban J connectivity index is 2.01. The van der Waals surface area contributed by atoms with Crippen molar-refractivity contribution in [2.45, 2.75) is 52.0 Å². The molecule has 2 rings (SSSR count). The first-order chi connectivity index (χ1) is 9.54. The lowest BCUT2D eigenvalue weighted by molar-refractivity contribution is -0.154. The fourth-order valence-electron chi connectivity index (χ4n) is 2.82. The van der Waals surface area contributed by atoms with Gasteiger partial charge in [-0.2, -0.15) is 5.10 Å². The van der Waals surface area contributed by atoms with Gasteiger partial charge in [0.2, 0.25) is 0 Å². The van der Waals surface area contributed by atoms with E-state index >= 15 is 0 Å². The molecule has 0 spiro atoms. The van der Waals surface area contributed by atoms with Crippen molar-refractivity contribution in [2.24, 2.45) is 0 Å². The molecule has 0 unspecified atom stereocenters. The number of hydrogen-bond donors (Lipinski definition) is 0. The van der Waals surface area contributed by atoms with Crippen molar-refractivity contribution in [3.05, 3.63) is 12.2 Å². The maximum absolute atomic E-state index is 6.03. The first kappa shape index (κ1) is 15.4. The van der Waals surface area contributed by atoms with E-state index in [2.05, 4.69) is 35.8 Å². The van der Waals surface area contributed by atoms with Gasteiger partial charge in [-0.3, -0.25) is 4.90 Å². The molecule has 114 valence electrons. The van der Waals surface area contributed by atoms with E-state index in [-0.39, 0.29) is 11.7 Å². The van der Waals surface area contributed by atoms with E-state index in [1.165, 1.54) is 0 Å². The zero-order chi connectivity index (χ0) is 14.6. The highest BCUT2D eigenvalue weighted by atomic mass is 16.5. The van der Waals surface area contributed by atoms with E-state index < -0.39 is 0 Å². The predicted molar refractivity (Wildman–Crippen MR) is 76.4 cm³/mol. The summed E-state index contributed by atoms with van der Waals surface area (Å²) in [6.07, 6.45) is 2.83. The second-order valence-corrected chi connectivity index (χ2v) is 6.02. The highest BCUT2D eigenvalue weighted by Gasteiger charge is 2.33. The van der Waals surface area contributed by atoms with Crippen LogP contribution in [0.5, 0.6) is 0 Å². The molecule has 0 saturated carbocycles. The van der Waals surface area contributed by atoms with Crippen LogP contribution in [0.3, 0.4) is 0 Å². The molecular formula is C14H26N4O2. The molecule has 1 atom stereocenters. The van der Waals surface area contributed by atoms with Gasteiger partial charge in [-0.15, -0.1) is 0 Å². The summed E-state index contributed by atoms with van der Waals surface area (Å²) in [5.41, 5.74) is -0.156. The zero-order valence-electron chi connectivity index (χ0n) is 13.0. The molecule has 0 bridgehead atoms. The average molecular weight is 282 g/mol. The van der Waals surface area contributed by atoms with Crippen molar-refractivity contribution in [2.75, 3.05) is 26.8 Å². The van der Waals surface area contributed by atoms with Gasteiger partial charge in [0, 0.05) is 26.7 Å². The fraction of sp³-hybridized carbons (Fsp3) is 0.857. The van der Waals surface area contributed by atoms with Crippen LogP contribution in [0.15, 0.2) is 6.33 Å². The molecule has 6 heteroatoms. The van der Waals surface area contributed by atoms with Crippen LogP contribution in [0.25, 0.3) is 0 Å². The average Bonchev–Trinajstić information content (AvgIpc) is 2.75. The smallest absolute Gasteiger partial charge is 0.141 e. The summed E-state index contributed by atoms with van der Waals surface area (Å²) < 4.78 is 13.3. The summed E-state index contributed by atoms with van der Waals surface area (Å²) in [6, 6.07) is 0. The van der Waals surface area contributed by atoms with Gasteiger partial charge in [0.15, 0.2) is 0 Å². The first-order valence-electron chi connectivity index (χ1n) is 7.30. The third-order valence-electron chi connectivity index (χ3n) is 3.40. The highest BCUT2D eigenvalue weighted by molar-refractivity contribution is 4.90. The van der Waals surface area contributed by atoms with Crippen LogP contribution in [0.2, 0.25) is 0 Å². The van der Waals surface area contributed by atoms with E-state index in [0.29, 0.717) is 6.61 Å².